The molecule has 0 saturated carbocycles. The standard InChI is InChI=1S/C11H11NO3/c1-2-9-11(14)12-8-5-7(6-13)3-4-10(8)15-9/h3-6,9H,2H2,1H3,(H,12,14)/t9-/m1/s1. The lowest BCUT2D eigenvalue weighted by Crippen LogP contribution is -2.36. The molecule has 1 amide bonds. The third-order valence-electron chi connectivity index (χ3n) is 2.33. The molecule has 1 N–H and O–H groups in total. The first-order chi connectivity index (χ1) is 7.24. The average Bonchev–Trinajstić information content (AvgIpc) is 2.27. The molecule has 4 nitrogen and oxygen atoms in total. The number of amides is 1. The van der Waals surface area contributed by atoms with E-state index in [1.807, 2.05) is 6.92 Å². The van der Waals surface area contributed by atoms with Gasteiger partial charge in [0.15, 0.2) is 6.10 Å². The van der Waals surface area contributed by atoms with Crippen molar-refractivity contribution in [1.29, 1.82) is 0 Å². The Bertz CT molecular complexity index is 414. The first kappa shape index (κ1) is 9.71. The highest BCUT2D eigenvalue weighted by Crippen LogP contribution is 2.30. The number of ether oxygens (including phenoxy) is 1. The van der Waals surface area contributed by atoms with Crippen LogP contribution in [0.2, 0.25) is 0 Å². The van der Waals surface area contributed by atoms with E-state index in [4.69, 9.17) is 4.74 Å². The first-order valence-electron chi connectivity index (χ1n) is 4.81. The monoisotopic (exact) mass is 205 g/mol. The quantitative estimate of drug-likeness (QED) is 0.746. The van der Waals surface area contributed by atoms with Crippen molar-refractivity contribution in [3.63, 3.8) is 0 Å². The molecule has 1 aromatic carbocycles. The van der Waals surface area contributed by atoms with E-state index < -0.39 is 6.10 Å². The van der Waals surface area contributed by atoms with Gasteiger partial charge in [0, 0.05) is 5.56 Å². The third kappa shape index (κ3) is 1.70. The van der Waals surface area contributed by atoms with Crippen molar-refractivity contribution in [1.82, 2.24) is 0 Å². The van der Waals surface area contributed by atoms with Crippen LogP contribution in [0, 0.1) is 0 Å². The fourth-order valence-electron chi connectivity index (χ4n) is 1.51. The van der Waals surface area contributed by atoms with Crippen molar-refractivity contribution in [3.05, 3.63) is 23.8 Å². The Balaban J connectivity index is 2.36. The number of benzene rings is 1. The van der Waals surface area contributed by atoms with E-state index in [0.29, 0.717) is 23.4 Å². The average molecular weight is 205 g/mol. The van der Waals surface area contributed by atoms with Gasteiger partial charge in [-0.05, 0) is 24.6 Å². The van der Waals surface area contributed by atoms with Crippen LogP contribution in [0.25, 0.3) is 0 Å². The van der Waals surface area contributed by atoms with Crippen LogP contribution < -0.4 is 10.1 Å². The summed E-state index contributed by atoms with van der Waals surface area (Å²) >= 11 is 0. The number of fused-ring (bicyclic) bond motifs is 1. The summed E-state index contributed by atoms with van der Waals surface area (Å²) in [6.07, 6.45) is 0.929. The smallest absolute Gasteiger partial charge is 0.265 e. The summed E-state index contributed by atoms with van der Waals surface area (Å²) in [7, 11) is 0. The van der Waals surface area contributed by atoms with Crippen molar-refractivity contribution in [2.75, 3.05) is 5.32 Å². The van der Waals surface area contributed by atoms with Crippen molar-refractivity contribution < 1.29 is 14.3 Å². The summed E-state index contributed by atoms with van der Waals surface area (Å²) in [5.41, 5.74) is 1.09. The molecule has 1 atom stereocenters. The second-order valence-electron chi connectivity index (χ2n) is 3.38. The summed E-state index contributed by atoms with van der Waals surface area (Å²) in [5, 5.41) is 2.71. The van der Waals surface area contributed by atoms with Crippen LogP contribution in [-0.2, 0) is 4.79 Å². The SMILES string of the molecule is CC[C@H]1Oc2ccc(C=O)cc2NC1=O. The molecule has 2 rings (SSSR count). The summed E-state index contributed by atoms with van der Waals surface area (Å²) in [6.45, 7) is 1.88. The van der Waals surface area contributed by atoms with E-state index in [0.717, 1.165) is 6.29 Å². The van der Waals surface area contributed by atoms with Crippen LogP contribution in [0.4, 0.5) is 5.69 Å². The molecule has 0 radical (unpaired) electrons. The fourth-order valence-corrected chi connectivity index (χ4v) is 1.51. The Hall–Kier alpha value is -1.84. The lowest BCUT2D eigenvalue weighted by atomic mass is 10.1. The van der Waals surface area contributed by atoms with E-state index in [1.54, 1.807) is 18.2 Å². The van der Waals surface area contributed by atoms with Gasteiger partial charge >= 0.3 is 0 Å². The zero-order valence-electron chi connectivity index (χ0n) is 8.32. The maximum atomic E-state index is 11.5. The van der Waals surface area contributed by atoms with Crippen molar-refractivity contribution in [2.24, 2.45) is 0 Å². The summed E-state index contributed by atoms with van der Waals surface area (Å²) in [6, 6.07) is 4.96. The number of carbonyl (C=O) groups is 2. The van der Waals surface area contributed by atoms with Crippen LogP contribution in [0.3, 0.4) is 0 Å². The molecule has 4 heteroatoms. The Morgan fingerprint density at radius 2 is 2.33 bits per heavy atom. The molecule has 1 aliphatic heterocycles. The molecule has 15 heavy (non-hydrogen) atoms. The van der Waals surface area contributed by atoms with E-state index >= 15 is 0 Å². The number of anilines is 1. The predicted molar refractivity (Wildman–Crippen MR) is 55.2 cm³/mol. The van der Waals surface area contributed by atoms with Crippen molar-refractivity contribution >= 4 is 17.9 Å². The molecule has 0 saturated heterocycles. The molecule has 0 bridgehead atoms. The fraction of sp³-hybridized carbons (Fsp3) is 0.273. The van der Waals surface area contributed by atoms with Crippen LogP contribution in [-0.4, -0.2) is 18.3 Å². The van der Waals surface area contributed by atoms with Gasteiger partial charge in [-0.3, -0.25) is 9.59 Å². The highest BCUT2D eigenvalue weighted by Gasteiger charge is 2.25. The van der Waals surface area contributed by atoms with Crippen molar-refractivity contribution in [3.8, 4) is 5.75 Å². The van der Waals surface area contributed by atoms with Gasteiger partial charge in [-0.2, -0.15) is 0 Å². The largest absolute Gasteiger partial charge is 0.478 e. The van der Waals surface area contributed by atoms with Gasteiger partial charge in [0.05, 0.1) is 5.69 Å². The molecule has 78 valence electrons. The van der Waals surface area contributed by atoms with E-state index in [9.17, 15) is 9.59 Å². The Labute approximate surface area is 87.2 Å². The Kier molecular flexibility index (Phi) is 2.41. The molecule has 1 heterocycles. The van der Waals surface area contributed by atoms with Crippen LogP contribution in [0.5, 0.6) is 5.75 Å². The van der Waals surface area contributed by atoms with Gasteiger partial charge in [0.1, 0.15) is 12.0 Å². The van der Waals surface area contributed by atoms with Crippen LogP contribution in [0.15, 0.2) is 18.2 Å². The highest BCUT2D eigenvalue weighted by atomic mass is 16.5. The Morgan fingerprint density at radius 1 is 1.53 bits per heavy atom. The number of rotatable bonds is 2. The zero-order chi connectivity index (χ0) is 10.8. The van der Waals surface area contributed by atoms with Crippen LogP contribution >= 0.6 is 0 Å². The number of aldehydes is 1. The molecule has 0 aromatic heterocycles. The van der Waals surface area contributed by atoms with Crippen LogP contribution in [0.1, 0.15) is 23.7 Å². The van der Waals surface area contributed by atoms with E-state index in [2.05, 4.69) is 5.32 Å². The second-order valence-corrected chi connectivity index (χ2v) is 3.38. The van der Waals surface area contributed by atoms with Crippen molar-refractivity contribution in [2.45, 2.75) is 19.4 Å². The second kappa shape index (κ2) is 3.73. The maximum Gasteiger partial charge on any atom is 0.265 e. The molecule has 1 aromatic rings. The lowest BCUT2D eigenvalue weighted by Gasteiger charge is -2.24. The minimum Gasteiger partial charge on any atom is -0.478 e. The van der Waals surface area contributed by atoms with E-state index in [1.165, 1.54) is 0 Å². The molecular formula is C11H11NO3. The van der Waals surface area contributed by atoms with Gasteiger partial charge < -0.3 is 10.1 Å². The van der Waals surface area contributed by atoms with Gasteiger partial charge in [-0.25, -0.2) is 0 Å². The van der Waals surface area contributed by atoms with Gasteiger partial charge in [0.2, 0.25) is 0 Å². The number of hydrogen-bond acceptors (Lipinski definition) is 3. The maximum absolute atomic E-state index is 11.5. The molecule has 0 fully saturated rings. The Morgan fingerprint density at radius 3 is 3.00 bits per heavy atom. The minimum atomic E-state index is -0.431. The van der Waals surface area contributed by atoms with Gasteiger partial charge in [0.25, 0.3) is 5.91 Å². The van der Waals surface area contributed by atoms with E-state index in [-0.39, 0.29) is 5.91 Å². The summed E-state index contributed by atoms with van der Waals surface area (Å²) in [4.78, 5) is 22.0. The normalized spacial score (nSPS) is 18.7. The minimum absolute atomic E-state index is 0.159. The molecule has 1 aliphatic rings. The summed E-state index contributed by atoms with van der Waals surface area (Å²) < 4.78 is 5.46. The number of nitrogens with one attached hydrogen (secondary N) is 1. The third-order valence-corrected chi connectivity index (χ3v) is 2.33. The zero-order valence-corrected chi connectivity index (χ0v) is 8.32. The molecule has 0 aliphatic carbocycles. The van der Waals surface area contributed by atoms with Gasteiger partial charge in [-0.1, -0.05) is 6.92 Å². The topological polar surface area (TPSA) is 55.4 Å². The van der Waals surface area contributed by atoms with Gasteiger partial charge in [-0.15, -0.1) is 0 Å². The predicted octanol–water partition coefficient (Wildman–Crippen LogP) is 1.61. The molecular weight excluding hydrogens is 194 g/mol. The highest BCUT2D eigenvalue weighted by molar-refractivity contribution is 5.98. The summed E-state index contributed by atoms with van der Waals surface area (Å²) in [5.74, 6) is 0.458. The number of carbonyl (C=O) groups excluding carboxylic acids is 2. The first-order valence-corrected chi connectivity index (χ1v) is 4.81. The lowest BCUT2D eigenvalue weighted by molar-refractivity contribution is -0.123. The molecule has 0 spiro atoms. The molecule has 0 unspecified atom stereocenters. The number of hydrogen-bond donors (Lipinski definition) is 1.